The van der Waals surface area contributed by atoms with Crippen molar-refractivity contribution in [1.29, 1.82) is 0 Å². The van der Waals surface area contributed by atoms with Crippen LogP contribution in [0.1, 0.15) is 27.0 Å². The van der Waals surface area contributed by atoms with Crippen LogP contribution in [0, 0.1) is 6.92 Å². The van der Waals surface area contributed by atoms with E-state index >= 15 is 0 Å². The molecule has 0 aliphatic heterocycles. The number of nitrogens with one attached hydrogen (secondary N) is 1. The van der Waals surface area contributed by atoms with Gasteiger partial charge in [-0.1, -0.05) is 65.2 Å². The Morgan fingerprint density at radius 3 is 2.61 bits per heavy atom. The van der Waals surface area contributed by atoms with Crippen LogP contribution in [-0.4, -0.2) is 15.7 Å². The van der Waals surface area contributed by atoms with Gasteiger partial charge in [0.1, 0.15) is 12.4 Å². The molecular formula is C25H20BrCl2N3O2. The number of aryl methyl sites for hydroxylation is 1. The highest BCUT2D eigenvalue weighted by Gasteiger charge is 2.13. The van der Waals surface area contributed by atoms with Gasteiger partial charge in [-0.15, -0.1) is 0 Å². The highest BCUT2D eigenvalue weighted by atomic mass is 79.9. The fraction of sp³-hybridized carbons (Fsp3) is 0.120. The lowest BCUT2D eigenvalue weighted by Crippen LogP contribution is -2.13. The highest BCUT2D eigenvalue weighted by Crippen LogP contribution is 2.28. The summed E-state index contributed by atoms with van der Waals surface area (Å²) < 4.78 is 8.26. The van der Waals surface area contributed by atoms with Gasteiger partial charge in [-0.3, -0.25) is 9.48 Å². The summed E-state index contributed by atoms with van der Waals surface area (Å²) in [6.07, 6.45) is 1.84. The summed E-state index contributed by atoms with van der Waals surface area (Å²) in [6, 6.07) is 20.5. The maximum Gasteiger partial charge on any atom is 0.256 e. The van der Waals surface area contributed by atoms with Crippen LogP contribution in [0.25, 0.3) is 0 Å². The zero-order valence-corrected chi connectivity index (χ0v) is 20.8. The molecule has 0 fully saturated rings. The third kappa shape index (κ3) is 6.16. The summed E-state index contributed by atoms with van der Waals surface area (Å²) in [5.74, 6) is 0.725. The first kappa shape index (κ1) is 23.4. The average Bonchev–Trinajstić information content (AvgIpc) is 3.13. The van der Waals surface area contributed by atoms with Gasteiger partial charge < -0.3 is 10.1 Å². The monoisotopic (exact) mass is 543 g/mol. The zero-order chi connectivity index (χ0) is 23.4. The molecule has 0 aliphatic rings. The van der Waals surface area contributed by atoms with E-state index in [0.717, 1.165) is 11.1 Å². The van der Waals surface area contributed by atoms with Crippen molar-refractivity contribution in [2.24, 2.45) is 0 Å². The van der Waals surface area contributed by atoms with E-state index in [1.165, 1.54) is 5.56 Å². The second-order valence-corrected chi connectivity index (χ2v) is 9.22. The molecule has 33 heavy (non-hydrogen) atoms. The summed E-state index contributed by atoms with van der Waals surface area (Å²) >= 11 is 15.6. The molecule has 168 valence electrons. The summed E-state index contributed by atoms with van der Waals surface area (Å²) in [4.78, 5) is 12.8. The molecule has 0 spiro atoms. The molecule has 0 radical (unpaired) electrons. The van der Waals surface area contributed by atoms with Crippen molar-refractivity contribution in [3.8, 4) is 5.75 Å². The number of nitrogens with zero attached hydrogens (tertiary/aromatic N) is 2. The molecule has 1 aromatic heterocycles. The lowest BCUT2D eigenvalue weighted by molar-refractivity contribution is 0.102. The number of halogens is 3. The molecule has 0 saturated heterocycles. The number of amides is 1. The molecular weight excluding hydrogens is 525 g/mol. The van der Waals surface area contributed by atoms with Crippen molar-refractivity contribution in [2.45, 2.75) is 20.1 Å². The summed E-state index contributed by atoms with van der Waals surface area (Å²) in [5, 5.41) is 8.33. The van der Waals surface area contributed by atoms with Crippen LogP contribution in [0.4, 0.5) is 5.82 Å². The van der Waals surface area contributed by atoms with Crippen molar-refractivity contribution in [1.82, 2.24) is 9.78 Å². The normalized spacial score (nSPS) is 10.8. The van der Waals surface area contributed by atoms with Crippen LogP contribution in [0.5, 0.6) is 5.75 Å². The predicted molar refractivity (Wildman–Crippen MR) is 135 cm³/mol. The molecule has 0 atom stereocenters. The molecule has 0 aliphatic carbocycles. The number of benzene rings is 3. The minimum atomic E-state index is -0.261. The van der Waals surface area contributed by atoms with Gasteiger partial charge in [0, 0.05) is 16.8 Å². The van der Waals surface area contributed by atoms with Gasteiger partial charge in [-0.2, -0.15) is 5.10 Å². The Bertz CT molecular complexity index is 1290. The number of carbonyl (C=O) groups is 1. The van der Waals surface area contributed by atoms with Gasteiger partial charge in [0.15, 0.2) is 5.82 Å². The third-order valence-corrected chi connectivity index (χ3v) is 6.00. The molecule has 4 rings (SSSR count). The van der Waals surface area contributed by atoms with Crippen molar-refractivity contribution >= 4 is 50.9 Å². The van der Waals surface area contributed by atoms with E-state index in [9.17, 15) is 4.79 Å². The number of hydrogen-bond acceptors (Lipinski definition) is 3. The van der Waals surface area contributed by atoms with Crippen LogP contribution in [0.3, 0.4) is 0 Å². The quantitative estimate of drug-likeness (QED) is 0.269. The Morgan fingerprint density at radius 2 is 1.85 bits per heavy atom. The summed E-state index contributed by atoms with van der Waals surface area (Å²) in [6.45, 7) is 2.92. The first-order valence-electron chi connectivity index (χ1n) is 10.1. The number of hydrogen-bond donors (Lipinski definition) is 1. The molecule has 8 heteroatoms. The van der Waals surface area contributed by atoms with Crippen molar-refractivity contribution < 1.29 is 9.53 Å². The molecule has 0 saturated carbocycles. The Morgan fingerprint density at radius 1 is 1.06 bits per heavy atom. The third-order valence-electron chi connectivity index (χ3n) is 4.89. The van der Waals surface area contributed by atoms with Gasteiger partial charge in [-0.05, 0) is 64.3 Å². The molecule has 1 heterocycles. The van der Waals surface area contributed by atoms with Gasteiger partial charge in [0.05, 0.1) is 16.0 Å². The standard InChI is InChI=1S/C25H20BrCl2N3O2/c1-16-5-7-17(8-6-16)13-31-14-21(26)24(30-31)29-25(32)19-4-2-3-18(11-19)15-33-23-10-9-20(27)12-22(23)28/h2-12,14H,13,15H2,1H3,(H,29,30,32). The van der Waals surface area contributed by atoms with Crippen molar-refractivity contribution in [3.05, 3.63) is 110 Å². The van der Waals surface area contributed by atoms with Gasteiger partial charge in [-0.25, -0.2) is 0 Å². The van der Waals surface area contributed by atoms with E-state index in [0.29, 0.717) is 38.2 Å². The Kier molecular flexibility index (Phi) is 7.38. The number of anilines is 1. The van der Waals surface area contributed by atoms with Gasteiger partial charge in [0.2, 0.25) is 0 Å². The molecule has 1 amide bonds. The number of carbonyl (C=O) groups excluding carboxylic acids is 1. The van der Waals surface area contributed by atoms with E-state index in [1.54, 1.807) is 35.0 Å². The minimum absolute atomic E-state index is 0.261. The average molecular weight is 545 g/mol. The van der Waals surface area contributed by atoms with Crippen LogP contribution in [-0.2, 0) is 13.2 Å². The Hall–Kier alpha value is -2.80. The Labute approximate surface area is 210 Å². The minimum Gasteiger partial charge on any atom is -0.487 e. The zero-order valence-electron chi connectivity index (χ0n) is 17.7. The fourth-order valence-electron chi connectivity index (χ4n) is 3.18. The maximum absolute atomic E-state index is 12.8. The fourth-order valence-corrected chi connectivity index (χ4v) is 4.06. The van der Waals surface area contributed by atoms with E-state index in [4.69, 9.17) is 27.9 Å². The molecule has 0 bridgehead atoms. The summed E-state index contributed by atoms with van der Waals surface area (Å²) in [5.41, 5.74) is 3.66. The second-order valence-electron chi connectivity index (χ2n) is 7.53. The number of rotatable bonds is 7. The van der Waals surface area contributed by atoms with Crippen molar-refractivity contribution in [3.63, 3.8) is 0 Å². The molecule has 0 unspecified atom stereocenters. The molecule has 5 nitrogen and oxygen atoms in total. The van der Waals surface area contributed by atoms with Gasteiger partial charge >= 0.3 is 0 Å². The molecule has 3 aromatic carbocycles. The molecule has 1 N–H and O–H groups in total. The summed E-state index contributed by atoms with van der Waals surface area (Å²) in [7, 11) is 0. The van der Waals surface area contributed by atoms with E-state index < -0.39 is 0 Å². The van der Waals surface area contributed by atoms with E-state index in [2.05, 4.69) is 57.5 Å². The Balaban J connectivity index is 1.41. The number of aromatic nitrogens is 2. The van der Waals surface area contributed by atoms with Crippen LogP contribution >= 0.6 is 39.1 Å². The van der Waals surface area contributed by atoms with Crippen LogP contribution in [0.15, 0.2) is 77.4 Å². The van der Waals surface area contributed by atoms with E-state index in [1.807, 2.05) is 18.3 Å². The highest BCUT2D eigenvalue weighted by molar-refractivity contribution is 9.10. The smallest absolute Gasteiger partial charge is 0.256 e. The largest absolute Gasteiger partial charge is 0.487 e. The molecule has 4 aromatic rings. The van der Waals surface area contributed by atoms with Crippen molar-refractivity contribution in [2.75, 3.05) is 5.32 Å². The van der Waals surface area contributed by atoms with Crippen LogP contribution < -0.4 is 10.1 Å². The number of ether oxygens (including phenoxy) is 1. The SMILES string of the molecule is Cc1ccc(Cn2cc(Br)c(NC(=O)c3cccc(COc4ccc(Cl)cc4Cl)c3)n2)cc1. The maximum atomic E-state index is 12.8. The van der Waals surface area contributed by atoms with Gasteiger partial charge in [0.25, 0.3) is 5.91 Å². The topological polar surface area (TPSA) is 56.2 Å². The first-order chi connectivity index (χ1) is 15.9. The second kappa shape index (κ2) is 10.4. The van der Waals surface area contributed by atoms with E-state index in [-0.39, 0.29) is 12.5 Å². The first-order valence-corrected chi connectivity index (χ1v) is 11.7. The van der Waals surface area contributed by atoms with Crippen LogP contribution in [0.2, 0.25) is 10.0 Å². The lowest BCUT2D eigenvalue weighted by Gasteiger charge is -2.09. The lowest BCUT2D eigenvalue weighted by atomic mass is 10.1. The predicted octanol–water partition coefficient (Wildman–Crippen LogP) is 7.14.